The van der Waals surface area contributed by atoms with Crippen LogP contribution in [-0.4, -0.2) is 58.6 Å². The molecule has 25 heavy (non-hydrogen) atoms. The van der Waals surface area contributed by atoms with Crippen LogP contribution in [0.2, 0.25) is 0 Å². The highest BCUT2D eigenvalue weighted by Crippen LogP contribution is 2.27. The predicted octanol–water partition coefficient (Wildman–Crippen LogP) is 2.10. The highest BCUT2D eigenvalue weighted by Gasteiger charge is 2.44. The van der Waals surface area contributed by atoms with Gasteiger partial charge in [-0.2, -0.15) is 5.26 Å². The van der Waals surface area contributed by atoms with E-state index in [1.165, 1.54) is 11.3 Å². The van der Waals surface area contributed by atoms with Crippen molar-refractivity contribution in [2.75, 3.05) is 25.0 Å². The molecule has 0 aromatic heterocycles. The monoisotopic (exact) mass is 342 g/mol. The summed E-state index contributed by atoms with van der Waals surface area (Å²) in [5, 5.41) is 21.1. The van der Waals surface area contributed by atoms with Crippen molar-refractivity contribution in [2.45, 2.75) is 37.8 Å². The summed E-state index contributed by atoms with van der Waals surface area (Å²) >= 11 is 0. The molecule has 2 N–H and O–H groups in total. The maximum Gasteiger partial charge on any atom is 0.408 e. The Morgan fingerprint density at radius 3 is 2.40 bits per heavy atom. The van der Waals surface area contributed by atoms with Crippen LogP contribution in [0.1, 0.15) is 31.2 Å². The molecule has 2 fully saturated rings. The van der Waals surface area contributed by atoms with Crippen molar-refractivity contribution < 1.29 is 14.7 Å². The minimum atomic E-state index is -1.06. The largest absolute Gasteiger partial charge is 0.465 e. The van der Waals surface area contributed by atoms with E-state index in [2.05, 4.69) is 10.2 Å². The van der Waals surface area contributed by atoms with Gasteiger partial charge in [0.25, 0.3) is 0 Å². The van der Waals surface area contributed by atoms with Gasteiger partial charge in [0.1, 0.15) is 6.04 Å². The summed E-state index contributed by atoms with van der Waals surface area (Å²) in [7, 11) is 0. The summed E-state index contributed by atoms with van der Waals surface area (Å²) in [5.41, 5.74) is 1.08. The van der Waals surface area contributed by atoms with Crippen LogP contribution in [0.15, 0.2) is 24.3 Å². The molecule has 0 spiro atoms. The number of benzene rings is 1. The molecule has 0 bridgehead atoms. The second-order valence-corrected chi connectivity index (χ2v) is 6.55. The van der Waals surface area contributed by atoms with Crippen molar-refractivity contribution >= 4 is 17.7 Å². The first-order chi connectivity index (χ1) is 12.1. The van der Waals surface area contributed by atoms with Crippen LogP contribution in [0.5, 0.6) is 0 Å². The van der Waals surface area contributed by atoms with Crippen molar-refractivity contribution in [1.82, 2.24) is 9.80 Å². The second-order valence-electron chi connectivity index (χ2n) is 6.55. The summed E-state index contributed by atoms with van der Waals surface area (Å²) in [5.74, 6) is -0.305. The van der Waals surface area contributed by atoms with Crippen LogP contribution < -0.4 is 5.32 Å². The van der Waals surface area contributed by atoms with E-state index < -0.39 is 12.1 Å². The summed E-state index contributed by atoms with van der Waals surface area (Å²) < 4.78 is 0. The molecule has 2 heterocycles. The molecule has 2 amide bonds. The Balaban J connectivity index is 1.76. The van der Waals surface area contributed by atoms with E-state index in [9.17, 15) is 14.7 Å². The highest BCUT2D eigenvalue weighted by atomic mass is 16.4. The first-order valence-corrected chi connectivity index (χ1v) is 8.65. The Labute approximate surface area is 146 Å². The molecule has 132 valence electrons. The Morgan fingerprint density at radius 1 is 1.12 bits per heavy atom. The summed E-state index contributed by atoms with van der Waals surface area (Å²) in [6, 6.07) is 7.82. The molecule has 0 aliphatic carbocycles. The fourth-order valence-corrected chi connectivity index (χ4v) is 3.78. The van der Waals surface area contributed by atoms with Gasteiger partial charge in [-0.05, 0) is 56.6 Å². The number of rotatable bonds is 3. The van der Waals surface area contributed by atoms with Crippen molar-refractivity contribution in [3.63, 3.8) is 0 Å². The number of carbonyl (C=O) groups excluding carboxylic acids is 1. The standard InChI is InChI=1S/C18H22N4O3/c19-12-13-4-6-14(7-5-13)20-17(23)16-15(8-11-22(16)18(24)25)21-9-2-1-3-10-21/h4-7,15-16H,1-3,8-11H2,(H,20,23)(H,24,25)/t15-,16+/m1/s1. The molecule has 2 atom stereocenters. The van der Waals surface area contributed by atoms with E-state index in [0.717, 1.165) is 25.9 Å². The Morgan fingerprint density at radius 2 is 1.80 bits per heavy atom. The number of anilines is 1. The van der Waals surface area contributed by atoms with Gasteiger partial charge in [0, 0.05) is 18.3 Å². The Kier molecular flexibility index (Phi) is 5.19. The molecule has 1 aromatic rings. The maximum absolute atomic E-state index is 12.8. The van der Waals surface area contributed by atoms with Gasteiger partial charge in [-0.15, -0.1) is 0 Å². The van der Waals surface area contributed by atoms with Gasteiger partial charge in [-0.3, -0.25) is 14.6 Å². The number of piperidine rings is 1. The third kappa shape index (κ3) is 3.74. The van der Waals surface area contributed by atoms with Crippen LogP contribution in [0, 0.1) is 11.3 Å². The van der Waals surface area contributed by atoms with Gasteiger partial charge in [0.2, 0.25) is 5.91 Å². The smallest absolute Gasteiger partial charge is 0.408 e. The van der Waals surface area contributed by atoms with Gasteiger partial charge in [-0.25, -0.2) is 4.79 Å². The summed E-state index contributed by atoms with van der Waals surface area (Å²) in [6.45, 7) is 2.21. The van der Waals surface area contributed by atoms with Crippen molar-refractivity contribution in [1.29, 1.82) is 5.26 Å². The number of nitrogens with zero attached hydrogens (tertiary/aromatic N) is 3. The SMILES string of the molecule is N#Cc1ccc(NC(=O)[C@@H]2[C@H](N3CCCCC3)CCN2C(=O)O)cc1. The fraction of sp³-hybridized carbons (Fsp3) is 0.500. The first kappa shape index (κ1) is 17.2. The molecule has 7 heteroatoms. The third-order valence-electron chi connectivity index (χ3n) is 5.02. The zero-order chi connectivity index (χ0) is 17.8. The lowest BCUT2D eigenvalue weighted by atomic mass is 10.0. The lowest BCUT2D eigenvalue weighted by Crippen LogP contribution is -2.53. The molecule has 1 aromatic carbocycles. The zero-order valence-corrected chi connectivity index (χ0v) is 14.0. The highest BCUT2D eigenvalue weighted by molar-refractivity contribution is 5.97. The van der Waals surface area contributed by atoms with Gasteiger partial charge < -0.3 is 10.4 Å². The van der Waals surface area contributed by atoms with E-state index >= 15 is 0 Å². The minimum absolute atomic E-state index is 0.0743. The third-order valence-corrected chi connectivity index (χ3v) is 5.02. The van der Waals surface area contributed by atoms with E-state index in [4.69, 9.17) is 5.26 Å². The van der Waals surface area contributed by atoms with Crippen LogP contribution >= 0.6 is 0 Å². The van der Waals surface area contributed by atoms with E-state index in [0.29, 0.717) is 24.2 Å². The van der Waals surface area contributed by atoms with Crippen molar-refractivity contribution in [3.8, 4) is 6.07 Å². The molecule has 2 aliphatic rings. The topological polar surface area (TPSA) is 96.7 Å². The second kappa shape index (κ2) is 7.53. The summed E-state index contributed by atoms with van der Waals surface area (Å²) in [6.07, 6.45) is 2.99. The summed E-state index contributed by atoms with van der Waals surface area (Å²) in [4.78, 5) is 27.9. The lowest BCUT2D eigenvalue weighted by molar-refractivity contribution is -0.121. The maximum atomic E-state index is 12.8. The van der Waals surface area contributed by atoms with Crippen LogP contribution in [0.25, 0.3) is 0 Å². The van der Waals surface area contributed by atoms with E-state index in [1.807, 2.05) is 6.07 Å². The van der Waals surface area contributed by atoms with Crippen LogP contribution in [0.4, 0.5) is 10.5 Å². The van der Waals surface area contributed by atoms with E-state index in [-0.39, 0.29) is 11.9 Å². The average molecular weight is 342 g/mol. The zero-order valence-electron chi connectivity index (χ0n) is 14.0. The lowest BCUT2D eigenvalue weighted by Gasteiger charge is -2.36. The molecule has 2 saturated heterocycles. The van der Waals surface area contributed by atoms with Crippen LogP contribution in [0.3, 0.4) is 0 Å². The average Bonchev–Trinajstić information content (AvgIpc) is 3.08. The molecular weight excluding hydrogens is 320 g/mol. The molecule has 0 saturated carbocycles. The van der Waals surface area contributed by atoms with Crippen molar-refractivity contribution in [2.24, 2.45) is 0 Å². The van der Waals surface area contributed by atoms with E-state index in [1.54, 1.807) is 24.3 Å². The number of hydrogen-bond donors (Lipinski definition) is 2. The molecule has 7 nitrogen and oxygen atoms in total. The molecule has 0 unspecified atom stereocenters. The molecule has 2 aliphatic heterocycles. The van der Waals surface area contributed by atoms with Crippen LogP contribution in [-0.2, 0) is 4.79 Å². The fourth-order valence-electron chi connectivity index (χ4n) is 3.78. The molecule has 0 radical (unpaired) electrons. The normalized spacial score (nSPS) is 23.9. The Hall–Kier alpha value is -2.59. The number of carbonyl (C=O) groups is 2. The molecule has 3 rings (SSSR count). The number of nitrogens with one attached hydrogen (secondary N) is 1. The van der Waals surface area contributed by atoms with Gasteiger partial charge in [0.15, 0.2) is 0 Å². The van der Waals surface area contributed by atoms with Crippen molar-refractivity contribution in [3.05, 3.63) is 29.8 Å². The minimum Gasteiger partial charge on any atom is -0.465 e. The Bertz CT molecular complexity index is 677. The number of hydrogen-bond acceptors (Lipinski definition) is 4. The molecular formula is C18H22N4O3. The number of likely N-dealkylation sites (tertiary alicyclic amines) is 2. The van der Waals surface area contributed by atoms with Gasteiger partial charge in [-0.1, -0.05) is 6.42 Å². The van der Waals surface area contributed by atoms with Gasteiger partial charge >= 0.3 is 6.09 Å². The quantitative estimate of drug-likeness (QED) is 0.877. The predicted molar refractivity (Wildman–Crippen MR) is 92.1 cm³/mol. The first-order valence-electron chi connectivity index (χ1n) is 8.65. The number of amides is 2. The van der Waals surface area contributed by atoms with Gasteiger partial charge in [0.05, 0.1) is 11.6 Å². The number of carboxylic acid groups (broad SMARTS) is 1. The number of nitriles is 1.